The van der Waals surface area contributed by atoms with Crippen LogP contribution in [0, 0.1) is 6.92 Å². The summed E-state index contributed by atoms with van der Waals surface area (Å²) in [6, 6.07) is 11.2. The first-order valence-corrected chi connectivity index (χ1v) is 10.7. The van der Waals surface area contributed by atoms with Crippen LogP contribution in [-0.2, 0) is 19.4 Å². The van der Waals surface area contributed by atoms with Crippen LogP contribution in [0.5, 0.6) is 0 Å². The van der Waals surface area contributed by atoms with E-state index < -0.39 is 0 Å². The van der Waals surface area contributed by atoms with Crippen LogP contribution in [0.15, 0.2) is 30.3 Å². The second kappa shape index (κ2) is 9.89. The molecule has 0 saturated carbocycles. The number of nitrogens with two attached hydrogens (primary N) is 1. The van der Waals surface area contributed by atoms with Gasteiger partial charge >= 0.3 is 0 Å². The first-order chi connectivity index (χ1) is 13.2. The fraction of sp³-hybridized carbons (Fsp3) is 0.542. The van der Waals surface area contributed by atoms with Gasteiger partial charge in [-0.1, -0.05) is 56.5 Å². The topological polar surface area (TPSA) is 42.2 Å². The van der Waals surface area contributed by atoms with Gasteiger partial charge in [0.2, 0.25) is 0 Å². The highest BCUT2D eigenvalue weighted by atomic mass is 15.1. The minimum atomic E-state index is 0.717. The molecule has 146 valence electrons. The average Bonchev–Trinajstić information content (AvgIpc) is 2.67. The highest BCUT2D eigenvalue weighted by Gasteiger charge is 2.14. The normalized spacial score (nSPS) is 15.2. The van der Waals surface area contributed by atoms with Gasteiger partial charge in [-0.2, -0.15) is 0 Å². The molecular formula is C24H35N3. The van der Waals surface area contributed by atoms with E-state index in [0.717, 1.165) is 25.1 Å². The first kappa shape index (κ1) is 19.9. The molecule has 27 heavy (non-hydrogen) atoms. The molecule has 1 aliphatic heterocycles. The van der Waals surface area contributed by atoms with Gasteiger partial charge in [0.25, 0.3) is 0 Å². The van der Waals surface area contributed by atoms with E-state index in [0.29, 0.717) is 5.82 Å². The molecule has 1 aromatic heterocycles. The van der Waals surface area contributed by atoms with Crippen molar-refractivity contribution in [1.82, 2.24) is 9.88 Å². The second-order valence-corrected chi connectivity index (χ2v) is 8.02. The van der Waals surface area contributed by atoms with Crippen LogP contribution in [-0.4, -0.2) is 23.0 Å². The second-order valence-electron chi connectivity index (χ2n) is 8.02. The van der Waals surface area contributed by atoms with Crippen molar-refractivity contribution in [2.75, 3.05) is 18.8 Å². The lowest BCUT2D eigenvalue weighted by Crippen LogP contribution is -2.29. The molecule has 3 rings (SSSR count). The van der Waals surface area contributed by atoms with Crippen LogP contribution in [0.2, 0.25) is 0 Å². The molecule has 3 heteroatoms. The van der Waals surface area contributed by atoms with Crippen LogP contribution in [0.1, 0.15) is 73.4 Å². The number of aryl methyl sites for hydroxylation is 2. The summed E-state index contributed by atoms with van der Waals surface area (Å²) < 4.78 is 0. The maximum absolute atomic E-state index is 6.20. The third-order valence-corrected chi connectivity index (χ3v) is 5.82. The van der Waals surface area contributed by atoms with E-state index in [2.05, 4.69) is 54.1 Å². The largest absolute Gasteiger partial charge is 0.383 e. The number of anilines is 1. The number of likely N-dealkylation sites (tertiary alicyclic amines) is 1. The molecular weight excluding hydrogens is 330 g/mol. The summed E-state index contributed by atoms with van der Waals surface area (Å²) in [7, 11) is 0. The van der Waals surface area contributed by atoms with Gasteiger partial charge in [0.15, 0.2) is 0 Å². The molecule has 2 heterocycles. The quantitative estimate of drug-likeness (QED) is 0.647. The molecule has 0 amide bonds. The van der Waals surface area contributed by atoms with Crippen molar-refractivity contribution in [3.63, 3.8) is 0 Å². The molecule has 0 spiro atoms. The zero-order valence-electron chi connectivity index (χ0n) is 17.1. The lowest BCUT2D eigenvalue weighted by Gasteiger charge is -2.27. The highest BCUT2D eigenvalue weighted by Crippen LogP contribution is 2.23. The summed E-state index contributed by atoms with van der Waals surface area (Å²) in [5.74, 6) is 0.717. The van der Waals surface area contributed by atoms with Gasteiger partial charge in [-0.05, 0) is 74.4 Å². The summed E-state index contributed by atoms with van der Waals surface area (Å²) >= 11 is 0. The Bertz CT molecular complexity index is 732. The number of aromatic nitrogens is 1. The maximum Gasteiger partial charge on any atom is 0.126 e. The van der Waals surface area contributed by atoms with Crippen LogP contribution < -0.4 is 5.73 Å². The number of nitrogen functional groups attached to an aromatic ring is 1. The van der Waals surface area contributed by atoms with Crippen LogP contribution in [0.3, 0.4) is 0 Å². The molecule has 2 N–H and O–H groups in total. The van der Waals surface area contributed by atoms with E-state index in [1.807, 2.05) is 0 Å². The summed E-state index contributed by atoms with van der Waals surface area (Å²) in [5, 5.41) is 0. The van der Waals surface area contributed by atoms with Gasteiger partial charge in [-0.15, -0.1) is 0 Å². The number of benzene rings is 1. The summed E-state index contributed by atoms with van der Waals surface area (Å²) in [5.41, 5.74) is 12.7. The zero-order chi connectivity index (χ0) is 19.1. The number of nitrogens with zero attached hydrogens (tertiary/aromatic N) is 2. The lowest BCUT2D eigenvalue weighted by atomic mass is 9.96. The monoisotopic (exact) mass is 365 g/mol. The fourth-order valence-corrected chi connectivity index (χ4v) is 4.11. The molecule has 1 aromatic carbocycles. The predicted molar refractivity (Wildman–Crippen MR) is 115 cm³/mol. The standard InChI is InChI=1S/C24H35N3/c1-3-4-6-12-21-17-23(19(2)26-24(21)25)16-20-11-7-8-13-22(20)18-27-14-9-5-10-15-27/h7-8,11,13,17H,3-6,9-10,12,14-16,18H2,1-2H3,(H2,25,26). The average molecular weight is 366 g/mol. The molecule has 1 saturated heterocycles. The van der Waals surface area contributed by atoms with Crippen molar-refractivity contribution < 1.29 is 0 Å². The van der Waals surface area contributed by atoms with E-state index >= 15 is 0 Å². The number of pyridine rings is 1. The maximum atomic E-state index is 6.20. The van der Waals surface area contributed by atoms with Gasteiger partial charge in [0.1, 0.15) is 5.82 Å². The van der Waals surface area contributed by atoms with Crippen molar-refractivity contribution >= 4 is 5.82 Å². The minimum Gasteiger partial charge on any atom is -0.383 e. The third-order valence-electron chi connectivity index (χ3n) is 5.82. The van der Waals surface area contributed by atoms with Gasteiger partial charge in [0.05, 0.1) is 0 Å². The Hall–Kier alpha value is -1.87. The van der Waals surface area contributed by atoms with Crippen molar-refractivity contribution in [2.45, 2.75) is 71.8 Å². The number of hydrogen-bond donors (Lipinski definition) is 1. The Morgan fingerprint density at radius 3 is 2.44 bits per heavy atom. The van der Waals surface area contributed by atoms with Crippen molar-refractivity contribution in [2.24, 2.45) is 0 Å². The molecule has 1 fully saturated rings. The minimum absolute atomic E-state index is 0.717. The number of unbranched alkanes of at least 4 members (excludes halogenated alkanes) is 2. The number of piperidine rings is 1. The summed E-state index contributed by atoms with van der Waals surface area (Å²) in [6.45, 7) is 7.87. The Morgan fingerprint density at radius 2 is 1.70 bits per heavy atom. The first-order valence-electron chi connectivity index (χ1n) is 10.7. The molecule has 0 radical (unpaired) electrons. The van der Waals surface area contributed by atoms with Crippen LogP contribution >= 0.6 is 0 Å². The summed E-state index contributed by atoms with van der Waals surface area (Å²) in [6.07, 6.45) is 9.72. The molecule has 0 bridgehead atoms. The van der Waals surface area contributed by atoms with E-state index in [9.17, 15) is 0 Å². The van der Waals surface area contributed by atoms with E-state index in [-0.39, 0.29) is 0 Å². The van der Waals surface area contributed by atoms with Crippen molar-refractivity contribution in [1.29, 1.82) is 0 Å². The fourth-order valence-electron chi connectivity index (χ4n) is 4.11. The van der Waals surface area contributed by atoms with Crippen molar-refractivity contribution in [3.8, 4) is 0 Å². The Labute approximate surface area is 165 Å². The van der Waals surface area contributed by atoms with Gasteiger partial charge in [-0.3, -0.25) is 4.90 Å². The molecule has 0 unspecified atom stereocenters. The number of rotatable bonds is 8. The Kier molecular flexibility index (Phi) is 7.28. The van der Waals surface area contributed by atoms with Gasteiger partial charge in [0, 0.05) is 12.2 Å². The lowest BCUT2D eigenvalue weighted by molar-refractivity contribution is 0.220. The predicted octanol–water partition coefficient (Wildman–Crippen LogP) is 5.28. The Morgan fingerprint density at radius 1 is 0.963 bits per heavy atom. The van der Waals surface area contributed by atoms with Gasteiger partial charge in [-0.25, -0.2) is 4.98 Å². The molecule has 0 atom stereocenters. The Balaban J connectivity index is 1.77. The SMILES string of the molecule is CCCCCc1cc(Cc2ccccc2CN2CCCCC2)c(C)nc1N. The van der Waals surface area contributed by atoms with E-state index in [4.69, 9.17) is 5.73 Å². The van der Waals surface area contributed by atoms with Crippen LogP contribution in [0.4, 0.5) is 5.82 Å². The molecule has 3 nitrogen and oxygen atoms in total. The van der Waals surface area contributed by atoms with Crippen molar-refractivity contribution in [3.05, 3.63) is 58.3 Å². The van der Waals surface area contributed by atoms with E-state index in [1.54, 1.807) is 0 Å². The van der Waals surface area contributed by atoms with Gasteiger partial charge < -0.3 is 5.73 Å². The molecule has 2 aromatic rings. The zero-order valence-corrected chi connectivity index (χ0v) is 17.1. The third kappa shape index (κ3) is 5.55. The van der Waals surface area contributed by atoms with E-state index in [1.165, 1.54) is 73.9 Å². The smallest absolute Gasteiger partial charge is 0.126 e. The highest BCUT2D eigenvalue weighted by molar-refractivity contribution is 5.45. The van der Waals surface area contributed by atoms with Crippen LogP contribution in [0.25, 0.3) is 0 Å². The number of hydrogen-bond acceptors (Lipinski definition) is 3. The molecule has 1 aliphatic rings. The molecule has 0 aliphatic carbocycles. The summed E-state index contributed by atoms with van der Waals surface area (Å²) in [4.78, 5) is 7.26.